The standard InChI is InChI=1S/C35H48O6.B/c1-3-31(25-29-18-11-8-12-19-29)34(38)40-23-16-24-41-35(39)32(26-30-20-13-9-14-21-30)27-33(37)22-15-7-5-4-6-10-17-28(2)36;/h8-9,11-14,18-21,31-32H,3-7,10,15-17,22-27H2,1-2H3;. The summed E-state index contributed by atoms with van der Waals surface area (Å²) in [4.78, 5) is 49.2. The molecule has 0 saturated heterocycles. The van der Waals surface area contributed by atoms with Gasteiger partial charge in [0.05, 0.1) is 25.0 Å². The molecule has 0 aliphatic heterocycles. The normalized spacial score (nSPS) is 12.0. The van der Waals surface area contributed by atoms with E-state index in [9.17, 15) is 19.2 Å². The SMILES string of the molecule is CCC(Cc1ccccc1)C(=O)OCCCOC(=O)C(CC(=O)CCCCCCCCC(C)=O)Cc1ccccc1.[B]. The molecular weight excluding hydrogens is 527 g/mol. The molecule has 0 aromatic heterocycles. The van der Waals surface area contributed by atoms with Gasteiger partial charge in [0.1, 0.15) is 11.6 Å². The van der Waals surface area contributed by atoms with Gasteiger partial charge in [0.25, 0.3) is 0 Å². The Morgan fingerprint density at radius 3 is 1.57 bits per heavy atom. The van der Waals surface area contributed by atoms with Gasteiger partial charge < -0.3 is 14.3 Å². The number of carbonyl (C=O) groups excluding carboxylic acids is 4. The molecule has 2 aromatic rings. The van der Waals surface area contributed by atoms with E-state index in [1.165, 1.54) is 0 Å². The third-order valence-corrected chi connectivity index (χ3v) is 7.30. The summed E-state index contributed by atoms with van der Waals surface area (Å²) in [5.74, 6) is -1.03. The van der Waals surface area contributed by atoms with E-state index in [2.05, 4.69) is 0 Å². The van der Waals surface area contributed by atoms with Gasteiger partial charge in [-0.05, 0) is 50.2 Å². The molecule has 0 fully saturated rings. The summed E-state index contributed by atoms with van der Waals surface area (Å²) in [5, 5.41) is 0. The van der Waals surface area contributed by atoms with Crippen molar-refractivity contribution in [3.63, 3.8) is 0 Å². The summed E-state index contributed by atoms with van der Waals surface area (Å²) in [7, 11) is 0. The van der Waals surface area contributed by atoms with Crippen LogP contribution >= 0.6 is 0 Å². The first-order valence-corrected chi connectivity index (χ1v) is 15.3. The lowest BCUT2D eigenvalue weighted by atomic mass is 9.92. The van der Waals surface area contributed by atoms with E-state index >= 15 is 0 Å². The van der Waals surface area contributed by atoms with Crippen LogP contribution in [0.3, 0.4) is 0 Å². The van der Waals surface area contributed by atoms with Crippen molar-refractivity contribution in [1.82, 2.24) is 0 Å². The average Bonchev–Trinajstić information content (AvgIpc) is 2.97. The number of hydrogen-bond donors (Lipinski definition) is 0. The van der Waals surface area contributed by atoms with Gasteiger partial charge in [-0.15, -0.1) is 0 Å². The number of unbranched alkanes of at least 4 members (excludes halogenated alkanes) is 5. The monoisotopic (exact) mass is 575 g/mol. The highest BCUT2D eigenvalue weighted by atomic mass is 16.5. The molecule has 7 heteroatoms. The highest BCUT2D eigenvalue weighted by Gasteiger charge is 2.24. The van der Waals surface area contributed by atoms with Crippen LogP contribution in [0.5, 0.6) is 0 Å². The lowest BCUT2D eigenvalue weighted by Crippen LogP contribution is -2.24. The van der Waals surface area contributed by atoms with Crippen molar-refractivity contribution < 1.29 is 28.7 Å². The lowest BCUT2D eigenvalue weighted by molar-refractivity contribution is -0.152. The van der Waals surface area contributed by atoms with E-state index in [1.807, 2.05) is 67.6 Å². The number of ether oxygens (including phenoxy) is 2. The van der Waals surface area contributed by atoms with E-state index in [0.717, 1.165) is 49.7 Å². The number of rotatable bonds is 22. The average molecular weight is 576 g/mol. The number of carbonyl (C=O) groups is 4. The van der Waals surface area contributed by atoms with Crippen molar-refractivity contribution in [3.05, 3.63) is 71.8 Å². The van der Waals surface area contributed by atoms with Crippen LogP contribution in [0.2, 0.25) is 0 Å². The molecular formula is C35H48BO6. The zero-order valence-electron chi connectivity index (χ0n) is 25.6. The summed E-state index contributed by atoms with van der Waals surface area (Å²) in [5.41, 5.74) is 2.09. The largest absolute Gasteiger partial charge is 0.465 e. The van der Waals surface area contributed by atoms with Gasteiger partial charge in [0, 0.05) is 34.1 Å². The van der Waals surface area contributed by atoms with Crippen molar-refractivity contribution >= 4 is 31.9 Å². The molecule has 0 N–H and O–H groups in total. The molecule has 0 saturated carbocycles. The Kier molecular flexibility index (Phi) is 19.6. The van der Waals surface area contributed by atoms with Crippen molar-refractivity contribution in [2.75, 3.05) is 13.2 Å². The Balaban J connectivity index is 0.00000882. The second kappa shape index (κ2) is 22.4. The molecule has 6 nitrogen and oxygen atoms in total. The van der Waals surface area contributed by atoms with Gasteiger partial charge >= 0.3 is 11.9 Å². The van der Waals surface area contributed by atoms with Crippen LogP contribution in [0, 0.1) is 11.8 Å². The minimum absolute atomic E-state index is 0. The fraction of sp³-hybridized carbons (Fsp3) is 0.543. The maximum atomic E-state index is 13.0. The van der Waals surface area contributed by atoms with Crippen LogP contribution in [0.4, 0.5) is 0 Å². The Labute approximate surface area is 254 Å². The second-order valence-corrected chi connectivity index (χ2v) is 10.9. The third-order valence-electron chi connectivity index (χ3n) is 7.30. The van der Waals surface area contributed by atoms with Crippen molar-refractivity contribution in [2.24, 2.45) is 11.8 Å². The van der Waals surface area contributed by atoms with Crippen molar-refractivity contribution in [1.29, 1.82) is 0 Å². The molecule has 0 aliphatic rings. The maximum absolute atomic E-state index is 13.0. The molecule has 0 spiro atoms. The number of esters is 2. The Morgan fingerprint density at radius 1 is 0.619 bits per heavy atom. The Bertz CT molecular complexity index is 1040. The van der Waals surface area contributed by atoms with Crippen LogP contribution < -0.4 is 0 Å². The molecule has 0 amide bonds. The van der Waals surface area contributed by atoms with Gasteiger partial charge in [0.15, 0.2) is 0 Å². The van der Waals surface area contributed by atoms with Gasteiger partial charge in [0.2, 0.25) is 0 Å². The van der Waals surface area contributed by atoms with E-state index in [4.69, 9.17) is 9.47 Å². The first-order valence-electron chi connectivity index (χ1n) is 15.3. The molecule has 0 heterocycles. The zero-order valence-corrected chi connectivity index (χ0v) is 25.6. The lowest BCUT2D eigenvalue weighted by Gasteiger charge is -2.17. The predicted octanol–water partition coefficient (Wildman–Crippen LogP) is 6.88. The molecule has 0 aliphatic carbocycles. The molecule has 2 atom stereocenters. The summed E-state index contributed by atoms with van der Waals surface area (Å²) in [6, 6.07) is 19.6. The maximum Gasteiger partial charge on any atom is 0.309 e. The second-order valence-electron chi connectivity index (χ2n) is 10.9. The fourth-order valence-electron chi connectivity index (χ4n) is 4.85. The Morgan fingerprint density at radius 2 is 1.07 bits per heavy atom. The minimum Gasteiger partial charge on any atom is -0.465 e. The van der Waals surface area contributed by atoms with Crippen LogP contribution in [0.15, 0.2) is 60.7 Å². The van der Waals surface area contributed by atoms with Crippen LogP contribution in [-0.2, 0) is 41.5 Å². The zero-order chi connectivity index (χ0) is 29.7. The number of benzene rings is 2. The van der Waals surface area contributed by atoms with E-state index in [0.29, 0.717) is 38.5 Å². The van der Waals surface area contributed by atoms with Gasteiger partial charge in [-0.2, -0.15) is 0 Å². The number of hydrogen-bond acceptors (Lipinski definition) is 6. The topological polar surface area (TPSA) is 86.7 Å². The molecule has 0 bridgehead atoms. The Hall–Kier alpha value is -3.22. The highest BCUT2D eigenvalue weighted by molar-refractivity contribution is 5.84. The van der Waals surface area contributed by atoms with Crippen molar-refractivity contribution in [2.45, 2.75) is 97.3 Å². The smallest absolute Gasteiger partial charge is 0.309 e. The number of Topliss-reactive ketones (excluding diaryl/α,β-unsaturated/α-hetero) is 2. The fourth-order valence-corrected chi connectivity index (χ4v) is 4.85. The highest BCUT2D eigenvalue weighted by Crippen LogP contribution is 2.18. The van der Waals surface area contributed by atoms with E-state index in [-0.39, 0.29) is 57.5 Å². The minimum atomic E-state index is -0.533. The first kappa shape index (κ1) is 36.8. The number of ketones is 2. The third kappa shape index (κ3) is 16.3. The summed E-state index contributed by atoms with van der Waals surface area (Å²) >= 11 is 0. The van der Waals surface area contributed by atoms with Crippen molar-refractivity contribution in [3.8, 4) is 0 Å². The molecule has 3 radical (unpaired) electrons. The predicted molar refractivity (Wildman–Crippen MR) is 167 cm³/mol. The van der Waals surface area contributed by atoms with E-state index < -0.39 is 5.92 Å². The molecule has 2 unspecified atom stereocenters. The van der Waals surface area contributed by atoms with Gasteiger partial charge in [-0.1, -0.05) is 93.3 Å². The van der Waals surface area contributed by atoms with Gasteiger partial charge in [-0.25, -0.2) is 0 Å². The first-order chi connectivity index (χ1) is 19.9. The van der Waals surface area contributed by atoms with E-state index in [1.54, 1.807) is 6.92 Å². The quantitative estimate of drug-likeness (QED) is 0.0865. The molecule has 227 valence electrons. The summed E-state index contributed by atoms with van der Waals surface area (Å²) in [6.45, 7) is 3.93. The summed E-state index contributed by atoms with van der Waals surface area (Å²) < 4.78 is 11.0. The molecule has 2 aromatic carbocycles. The summed E-state index contributed by atoms with van der Waals surface area (Å²) in [6.07, 6.45) is 9.38. The van der Waals surface area contributed by atoms with Gasteiger partial charge in [-0.3, -0.25) is 14.4 Å². The molecule has 42 heavy (non-hydrogen) atoms. The van der Waals surface area contributed by atoms with Crippen LogP contribution in [0.25, 0.3) is 0 Å². The van der Waals surface area contributed by atoms with Crippen LogP contribution in [-0.4, -0.2) is 45.1 Å². The molecule has 2 rings (SSSR count). The van der Waals surface area contributed by atoms with Crippen LogP contribution in [0.1, 0.15) is 95.6 Å².